The molecule has 0 saturated carbocycles. The van der Waals surface area contributed by atoms with Crippen LogP contribution in [-0.2, 0) is 6.54 Å². The summed E-state index contributed by atoms with van der Waals surface area (Å²) in [4.78, 5) is 17.3. The van der Waals surface area contributed by atoms with E-state index in [1.54, 1.807) is 0 Å². The molecule has 1 aromatic carbocycles. The second kappa shape index (κ2) is 4.90. The standard InChI is InChI=1S/C13H16BrN3O/c14-10-4-3-5-11-12(10)17(13(18)15-11)9-8-16-6-1-2-7-16/h3-5H,1-2,6-9H2,(H,15,18). The topological polar surface area (TPSA) is 41.0 Å². The van der Waals surface area contributed by atoms with E-state index in [1.165, 1.54) is 12.8 Å². The lowest BCUT2D eigenvalue weighted by Crippen LogP contribution is -2.28. The summed E-state index contributed by atoms with van der Waals surface area (Å²) in [5, 5.41) is 0. The van der Waals surface area contributed by atoms with Crippen molar-refractivity contribution in [3.05, 3.63) is 33.2 Å². The molecule has 0 spiro atoms. The summed E-state index contributed by atoms with van der Waals surface area (Å²) >= 11 is 3.52. The molecule has 0 unspecified atom stereocenters. The zero-order valence-electron chi connectivity index (χ0n) is 10.2. The zero-order valence-corrected chi connectivity index (χ0v) is 11.7. The van der Waals surface area contributed by atoms with E-state index in [4.69, 9.17) is 0 Å². The fraction of sp³-hybridized carbons (Fsp3) is 0.462. The van der Waals surface area contributed by atoms with Crippen LogP contribution in [0.4, 0.5) is 0 Å². The molecule has 1 aromatic heterocycles. The van der Waals surface area contributed by atoms with E-state index in [0.29, 0.717) is 0 Å². The molecule has 96 valence electrons. The first kappa shape index (κ1) is 12.0. The first-order chi connectivity index (χ1) is 8.75. The summed E-state index contributed by atoms with van der Waals surface area (Å²) in [6, 6.07) is 5.85. The Bertz CT molecular complexity index is 610. The van der Waals surface area contributed by atoms with E-state index in [2.05, 4.69) is 25.8 Å². The second-order valence-electron chi connectivity index (χ2n) is 4.77. The third-order valence-corrected chi connectivity index (χ3v) is 4.22. The Morgan fingerprint density at radius 2 is 2.00 bits per heavy atom. The average Bonchev–Trinajstić information content (AvgIpc) is 2.94. The Labute approximate surface area is 114 Å². The van der Waals surface area contributed by atoms with Crippen LogP contribution in [0, 0.1) is 0 Å². The number of aromatic nitrogens is 2. The molecule has 1 fully saturated rings. The summed E-state index contributed by atoms with van der Waals surface area (Å²) in [6.07, 6.45) is 2.57. The predicted octanol–water partition coefficient (Wildman–Crippen LogP) is 2.19. The fourth-order valence-electron chi connectivity index (χ4n) is 2.64. The highest BCUT2D eigenvalue weighted by Gasteiger charge is 2.14. The normalized spacial score (nSPS) is 16.7. The van der Waals surface area contributed by atoms with Crippen molar-refractivity contribution >= 4 is 27.0 Å². The molecular formula is C13H16BrN3O. The van der Waals surface area contributed by atoms with Crippen LogP contribution in [0.1, 0.15) is 12.8 Å². The number of hydrogen-bond donors (Lipinski definition) is 1. The first-order valence-electron chi connectivity index (χ1n) is 6.35. The molecule has 0 atom stereocenters. The Morgan fingerprint density at radius 1 is 1.22 bits per heavy atom. The highest BCUT2D eigenvalue weighted by Crippen LogP contribution is 2.21. The zero-order chi connectivity index (χ0) is 12.5. The number of nitrogens with zero attached hydrogens (tertiary/aromatic N) is 2. The largest absolute Gasteiger partial charge is 0.326 e. The highest BCUT2D eigenvalue weighted by molar-refractivity contribution is 9.10. The number of nitrogens with one attached hydrogen (secondary N) is 1. The molecule has 0 bridgehead atoms. The van der Waals surface area contributed by atoms with Crippen molar-refractivity contribution in [2.45, 2.75) is 19.4 Å². The van der Waals surface area contributed by atoms with Gasteiger partial charge in [-0.3, -0.25) is 4.57 Å². The van der Waals surface area contributed by atoms with Gasteiger partial charge in [-0.15, -0.1) is 0 Å². The maximum Gasteiger partial charge on any atom is 0.326 e. The van der Waals surface area contributed by atoms with Crippen LogP contribution in [0.2, 0.25) is 0 Å². The van der Waals surface area contributed by atoms with Gasteiger partial charge in [-0.25, -0.2) is 4.79 Å². The smallest absolute Gasteiger partial charge is 0.305 e. The number of fused-ring (bicyclic) bond motifs is 1. The molecule has 4 nitrogen and oxygen atoms in total. The molecule has 5 heteroatoms. The van der Waals surface area contributed by atoms with Crippen LogP contribution in [-0.4, -0.2) is 34.1 Å². The Kier molecular flexibility index (Phi) is 3.26. The van der Waals surface area contributed by atoms with Crippen LogP contribution in [0.25, 0.3) is 11.0 Å². The number of hydrogen-bond acceptors (Lipinski definition) is 2. The number of rotatable bonds is 3. The van der Waals surface area contributed by atoms with E-state index < -0.39 is 0 Å². The van der Waals surface area contributed by atoms with Crippen molar-refractivity contribution in [1.82, 2.24) is 14.5 Å². The minimum absolute atomic E-state index is 0.0175. The Hall–Kier alpha value is -1.07. The van der Waals surface area contributed by atoms with Gasteiger partial charge in [-0.2, -0.15) is 0 Å². The van der Waals surface area contributed by atoms with Crippen molar-refractivity contribution < 1.29 is 0 Å². The van der Waals surface area contributed by atoms with E-state index in [0.717, 1.165) is 41.7 Å². The van der Waals surface area contributed by atoms with Crippen molar-refractivity contribution in [1.29, 1.82) is 0 Å². The van der Waals surface area contributed by atoms with E-state index in [1.807, 2.05) is 22.8 Å². The molecule has 2 heterocycles. The second-order valence-corrected chi connectivity index (χ2v) is 5.62. The van der Waals surface area contributed by atoms with Gasteiger partial charge >= 0.3 is 5.69 Å². The molecule has 1 aliphatic rings. The van der Waals surface area contributed by atoms with Gasteiger partial charge in [-0.05, 0) is 54.0 Å². The number of H-pyrrole nitrogens is 1. The number of aromatic amines is 1. The van der Waals surface area contributed by atoms with E-state index in [9.17, 15) is 4.79 Å². The van der Waals surface area contributed by atoms with Crippen molar-refractivity contribution in [2.75, 3.05) is 19.6 Å². The molecule has 1 aliphatic heterocycles. The van der Waals surface area contributed by atoms with E-state index >= 15 is 0 Å². The number of halogens is 1. The maximum absolute atomic E-state index is 12.0. The number of likely N-dealkylation sites (tertiary alicyclic amines) is 1. The van der Waals surface area contributed by atoms with Gasteiger partial charge in [0.1, 0.15) is 0 Å². The molecule has 0 amide bonds. The van der Waals surface area contributed by atoms with Gasteiger partial charge in [0.2, 0.25) is 0 Å². The van der Waals surface area contributed by atoms with Crippen LogP contribution in [0.3, 0.4) is 0 Å². The summed E-state index contributed by atoms with van der Waals surface area (Å²) in [6.45, 7) is 4.03. The summed E-state index contributed by atoms with van der Waals surface area (Å²) in [7, 11) is 0. The highest BCUT2D eigenvalue weighted by atomic mass is 79.9. The van der Waals surface area contributed by atoms with Gasteiger partial charge in [0.15, 0.2) is 0 Å². The summed E-state index contributed by atoms with van der Waals surface area (Å²) in [5.74, 6) is 0. The summed E-state index contributed by atoms with van der Waals surface area (Å²) < 4.78 is 2.80. The van der Waals surface area contributed by atoms with Crippen molar-refractivity contribution in [3.8, 4) is 0 Å². The minimum atomic E-state index is -0.0175. The van der Waals surface area contributed by atoms with Crippen LogP contribution < -0.4 is 5.69 Å². The average molecular weight is 310 g/mol. The van der Waals surface area contributed by atoms with Crippen molar-refractivity contribution in [2.24, 2.45) is 0 Å². The fourth-order valence-corrected chi connectivity index (χ4v) is 3.22. The van der Waals surface area contributed by atoms with Crippen LogP contribution in [0.5, 0.6) is 0 Å². The van der Waals surface area contributed by atoms with Crippen LogP contribution >= 0.6 is 15.9 Å². The molecule has 0 aliphatic carbocycles. The number of para-hydroxylation sites is 1. The lowest BCUT2D eigenvalue weighted by molar-refractivity contribution is 0.322. The third-order valence-electron chi connectivity index (χ3n) is 3.58. The van der Waals surface area contributed by atoms with Gasteiger partial charge in [0, 0.05) is 17.6 Å². The Balaban J connectivity index is 1.90. The Morgan fingerprint density at radius 3 is 2.78 bits per heavy atom. The predicted molar refractivity (Wildman–Crippen MR) is 75.9 cm³/mol. The minimum Gasteiger partial charge on any atom is -0.305 e. The van der Waals surface area contributed by atoms with Crippen LogP contribution in [0.15, 0.2) is 27.5 Å². The molecular weight excluding hydrogens is 294 g/mol. The lowest BCUT2D eigenvalue weighted by atomic mass is 10.3. The van der Waals surface area contributed by atoms with Gasteiger partial charge < -0.3 is 9.88 Å². The monoisotopic (exact) mass is 309 g/mol. The first-order valence-corrected chi connectivity index (χ1v) is 7.14. The van der Waals surface area contributed by atoms with Gasteiger partial charge in [0.25, 0.3) is 0 Å². The maximum atomic E-state index is 12.0. The number of benzene rings is 1. The molecule has 1 saturated heterocycles. The van der Waals surface area contributed by atoms with Gasteiger partial charge in [-0.1, -0.05) is 6.07 Å². The SMILES string of the molecule is O=c1[nH]c2cccc(Br)c2n1CCN1CCCC1. The lowest BCUT2D eigenvalue weighted by Gasteiger charge is -2.14. The van der Waals surface area contributed by atoms with Gasteiger partial charge in [0.05, 0.1) is 11.0 Å². The van der Waals surface area contributed by atoms with E-state index in [-0.39, 0.29) is 5.69 Å². The quantitative estimate of drug-likeness (QED) is 0.944. The molecule has 2 aromatic rings. The van der Waals surface area contributed by atoms with Crippen molar-refractivity contribution in [3.63, 3.8) is 0 Å². The number of imidazole rings is 1. The molecule has 18 heavy (non-hydrogen) atoms. The molecule has 1 N–H and O–H groups in total. The molecule has 3 rings (SSSR count). The molecule has 0 radical (unpaired) electrons. The third kappa shape index (κ3) is 2.12. The summed E-state index contributed by atoms with van der Waals surface area (Å²) in [5.41, 5.74) is 1.86.